The highest BCUT2D eigenvalue weighted by Gasteiger charge is 2.22. The SMILES string of the molecule is CCCc1c(Cl)[nH]c(=O)n(CC2CCC(CC)CC2)c1=O. The highest BCUT2D eigenvalue weighted by molar-refractivity contribution is 6.30. The number of nitrogens with zero attached hydrogens (tertiary/aromatic N) is 1. The van der Waals surface area contributed by atoms with E-state index in [0.29, 0.717) is 24.4 Å². The van der Waals surface area contributed by atoms with Gasteiger partial charge in [-0.05, 0) is 31.1 Å². The van der Waals surface area contributed by atoms with Crippen molar-refractivity contribution in [2.45, 2.75) is 65.3 Å². The summed E-state index contributed by atoms with van der Waals surface area (Å²) in [7, 11) is 0. The molecule has 0 atom stereocenters. The minimum absolute atomic E-state index is 0.205. The second-order valence-electron chi connectivity index (χ2n) is 6.18. The van der Waals surface area contributed by atoms with Crippen molar-refractivity contribution in [3.05, 3.63) is 31.6 Å². The van der Waals surface area contributed by atoms with Crippen LogP contribution in [-0.4, -0.2) is 9.55 Å². The van der Waals surface area contributed by atoms with Crippen molar-refractivity contribution in [1.29, 1.82) is 0 Å². The largest absolute Gasteiger partial charge is 0.329 e. The molecule has 5 heteroatoms. The lowest BCUT2D eigenvalue weighted by atomic mass is 9.81. The summed E-state index contributed by atoms with van der Waals surface area (Å²) in [6, 6.07) is 0. The lowest BCUT2D eigenvalue weighted by Crippen LogP contribution is -2.39. The molecule has 4 nitrogen and oxygen atoms in total. The molecule has 0 bridgehead atoms. The normalized spacial score (nSPS) is 22.4. The third kappa shape index (κ3) is 3.79. The molecule has 0 radical (unpaired) electrons. The van der Waals surface area contributed by atoms with Gasteiger partial charge < -0.3 is 0 Å². The fourth-order valence-electron chi connectivity index (χ4n) is 3.30. The lowest BCUT2D eigenvalue weighted by Gasteiger charge is -2.28. The molecule has 1 fully saturated rings. The van der Waals surface area contributed by atoms with Crippen LogP contribution in [-0.2, 0) is 13.0 Å². The first-order valence-corrected chi connectivity index (χ1v) is 8.46. The predicted molar refractivity (Wildman–Crippen MR) is 86.1 cm³/mol. The molecule has 1 saturated carbocycles. The maximum atomic E-state index is 12.5. The lowest BCUT2D eigenvalue weighted by molar-refractivity contribution is 0.243. The van der Waals surface area contributed by atoms with Crippen LogP contribution in [0.2, 0.25) is 5.15 Å². The molecule has 1 N–H and O–H groups in total. The summed E-state index contributed by atoms with van der Waals surface area (Å²) in [4.78, 5) is 27.1. The number of nitrogens with one attached hydrogen (secondary N) is 1. The van der Waals surface area contributed by atoms with E-state index < -0.39 is 0 Å². The zero-order valence-electron chi connectivity index (χ0n) is 13.0. The van der Waals surface area contributed by atoms with Gasteiger partial charge in [0.15, 0.2) is 0 Å². The molecule has 1 heterocycles. The summed E-state index contributed by atoms with van der Waals surface area (Å²) in [5.74, 6) is 1.25. The van der Waals surface area contributed by atoms with Gasteiger partial charge in [-0.1, -0.05) is 51.1 Å². The van der Waals surface area contributed by atoms with Gasteiger partial charge in [0.2, 0.25) is 0 Å². The van der Waals surface area contributed by atoms with Crippen molar-refractivity contribution in [2.75, 3.05) is 0 Å². The number of halogens is 1. The summed E-state index contributed by atoms with van der Waals surface area (Å²) in [6.45, 7) is 4.76. The first kappa shape index (κ1) is 16.3. The summed E-state index contributed by atoms with van der Waals surface area (Å²) in [5, 5.41) is 0.206. The van der Waals surface area contributed by atoms with Crippen molar-refractivity contribution >= 4 is 11.6 Å². The fourth-order valence-corrected chi connectivity index (χ4v) is 3.55. The standard InChI is InChI=1S/C16H25ClN2O2/c1-3-5-13-14(17)18-16(21)19(15(13)20)10-12-8-6-11(4-2)7-9-12/h11-12H,3-10H2,1-2H3,(H,18,21). The zero-order chi connectivity index (χ0) is 15.4. The second-order valence-corrected chi connectivity index (χ2v) is 6.56. The molecule has 21 heavy (non-hydrogen) atoms. The van der Waals surface area contributed by atoms with Crippen molar-refractivity contribution in [3.8, 4) is 0 Å². The summed E-state index contributed by atoms with van der Waals surface area (Å²) >= 11 is 6.00. The number of H-pyrrole nitrogens is 1. The van der Waals surface area contributed by atoms with Gasteiger partial charge in [-0.25, -0.2) is 4.79 Å². The Morgan fingerprint density at radius 1 is 1.14 bits per heavy atom. The van der Waals surface area contributed by atoms with Gasteiger partial charge in [0.05, 0.1) is 5.56 Å². The fraction of sp³-hybridized carbons (Fsp3) is 0.750. The maximum absolute atomic E-state index is 12.5. The molecule has 0 aromatic carbocycles. The van der Waals surface area contributed by atoms with E-state index in [0.717, 1.165) is 25.2 Å². The number of rotatable bonds is 5. The van der Waals surface area contributed by atoms with Crippen LogP contribution in [0.1, 0.15) is 57.9 Å². The summed E-state index contributed by atoms with van der Waals surface area (Å²) in [6.07, 6.45) is 7.31. The van der Waals surface area contributed by atoms with Gasteiger partial charge in [0.25, 0.3) is 5.56 Å². The van der Waals surface area contributed by atoms with Crippen molar-refractivity contribution in [3.63, 3.8) is 0 Å². The Morgan fingerprint density at radius 2 is 1.76 bits per heavy atom. The topological polar surface area (TPSA) is 54.9 Å². The summed E-state index contributed by atoms with van der Waals surface area (Å²) in [5.41, 5.74) is -0.0355. The van der Waals surface area contributed by atoms with Crippen molar-refractivity contribution < 1.29 is 0 Å². The van der Waals surface area contributed by atoms with E-state index in [9.17, 15) is 9.59 Å². The molecule has 1 aromatic heterocycles. The Labute approximate surface area is 130 Å². The van der Waals surface area contributed by atoms with Crippen LogP contribution in [0.15, 0.2) is 9.59 Å². The van der Waals surface area contributed by atoms with Crippen LogP contribution in [0.25, 0.3) is 0 Å². The molecule has 0 saturated heterocycles. The summed E-state index contributed by atoms with van der Waals surface area (Å²) < 4.78 is 1.35. The van der Waals surface area contributed by atoms with E-state index in [2.05, 4.69) is 11.9 Å². The Hall–Kier alpha value is -1.03. The van der Waals surface area contributed by atoms with E-state index in [-0.39, 0.29) is 16.4 Å². The average Bonchev–Trinajstić information content (AvgIpc) is 2.48. The van der Waals surface area contributed by atoms with Crippen molar-refractivity contribution in [2.24, 2.45) is 11.8 Å². The predicted octanol–water partition coefficient (Wildman–Crippen LogP) is 3.36. The van der Waals surface area contributed by atoms with Gasteiger partial charge in [0, 0.05) is 6.54 Å². The van der Waals surface area contributed by atoms with Crippen LogP contribution in [0.5, 0.6) is 0 Å². The third-order valence-electron chi connectivity index (χ3n) is 4.71. The zero-order valence-corrected chi connectivity index (χ0v) is 13.7. The van der Waals surface area contributed by atoms with Crippen LogP contribution >= 0.6 is 11.6 Å². The van der Waals surface area contributed by atoms with Crippen LogP contribution in [0.4, 0.5) is 0 Å². The molecule has 0 spiro atoms. The number of hydrogen-bond donors (Lipinski definition) is 1. The molecular weight excluding hydrogens is 288 g/mol. The molecule has 0 amide bonds. The van der Waals surface area contributed by atoms with Gasteiger partial charge in [0.1, 0.15) is 5.15 Å². The van der Waals surface area contributed by atoms with Gasteiger partial charge >= 0.3 is 5.69 Å². The number of aromatic nitrogens is 2. The van der Waals surface area contributed by atoms with Gasteiger partial charge in [-0.2, -0.15) is 0 Å². The van der Waals surface area contributed by atoms with Gasteiger partial charge in [-0.15, -0.1) is 0 Å². The molecule has 2 rings (SSSR count). The highest BCUT2D eigenvalue weighted by atomic mass is 35.5. The van der Waals surface area contributed by atoms with E-state index in [4.69, 9.17) is 11.6 Å². The van der Waals surface area contributed by atoms with E-state index in [1.54, 1.807) is 0 Å². The first-order valence-electron chi connectivity index (χ1n) is 8.08. The molecule has 0 aliphatic heterocycles. The Morgan fingerprint density at radius 3 is 2.33 bits per heavy atom. The number of aromatic amines is 1. The first-order chi connectivity index (χ1) is 10.1. The van der Waals surface area contributed by atoms with Gasteiger partial charge in [-0.3, -0.25) is 14.3 Å². The van der Waals surface area contributed by atoms with Crippen molar-refractivity contribution in [1.82, 2.24) is 9.55 Å². The Kier molecular flexibility index (Phi) is 5.68. The molecular formula is C16H25ClN2O2. The molecule has 118 valence electrons. The van der Waals surface area contributed by atoms with Crippen LogP contribution < -0.4 is 11.2 Å². The molecule has 1 aliphatic carbocycles. The third-order valence-corrected chi connectivity index (χ3v) is 5.04. The minimum atomic E-state index is -0.373. The smallest absolute Gasteiger partial charge is 0.297 e. The quantitative estimate of drug-likeness (QED) is 0.848. The maximum Gasteiger partial charge on any atom is 0.329 e. The van der Waals surface area contributed by atoms with E-state index in [1.807, 2.05) is 6.92 Å². The molecule has 0 unspecified atom stereocenters. The molecule has 1 aromatic rings. The Bertz CT molecular complexity index is 583. The van der Waals surface area contributed by atoms with E-state index >= 15 is 0 Å². The van der Waals surface area contributed by atoms with E-state index in [1.165, 1.54) is 23.8 Å². The Balaban J connectivity index is 2.19. The molecule has 1 aliphatic rings. The number of hydrogen-bond acceptors (Lipinski definition) is 2. The average molecular weight is 313 g/mol. The minimum Gasteiger partial charge on any atom is -0.297 e. The second kappa shape index (κ2) is 7.30. The van der Waals surface area contributed by atoms with Crippen LogP contribution in [0, 0.1) is 11.8 Å². The monoisotopic (exact) mass is 312 g/mol. The van der Waals surface area contributed by atoms with Crippen LogP contribution in [0.3, 0.4) is 0 Å². The highest BCUT2D eigenvalue weighted by Crippen LogP contribution is 2.31.